The van der Waals surface area contributed by atoms with Gasteiger partial charge in [-0.05, 0) is 55.0 Å². The van der Waals surface area contributed by atoms with Gasteiger partial charge in [-0.15, -0.1) is 0 Å². The number of carboxylic acids is 1. The number of rotatable bonds is 15. The van der Waals surface area contributed by atoms with Crippen LogP contribution in [0.25, 0.3) is 0 Å². The van der Waals surface area contributed by atoms with Crippen molar-refractivity contribution in [2.24, 2.45) is 11.8 Å². The monoisotopic (exact) mass is 764 g/mol. The maximum atomic E-state index is 12.8. The van der Waals surface area contributed by atoms with Crippen molar-refractivity contribution in [2.75, 3.05) is 6.61 Å². The summed E-state index contributed by atoms with van der Waals surface area (Å²) < 4.78 is 65.6. The van der Waals surface area contributed by atoms with Gasteiger partial charge in [-0.25, -0.2) is 0 Å². The van der Waals surface area contributed by atoms with Gasteiger partial charge in [0.05, 0.1) is 17.8 Å². The van der Waals surface area contributed by atoms with Crippen LogP contribution in [0.3, 0.4) is 0 Å². The normalized spacial score (nSPS) is 20.6. The van der Waals surface area contributed by atoms with Gasteiger partial charge in [-0.2, -0.15) is 13.2 Å². The quantitative estimate of drug-likeness (QED) is 0.0548. The van der Waals surface area contributed by atoms with Crippen LogP contribution >= 0.6 is 15.2 Å². The van der Waals surface area contributed by atoms with Crippen LogP contribution < -0.4 is 4.74 Å². The number of hydrogen-bond acceptors (Lipinski definition) is 9. The Hall–Kier alpha value is -1.95. The number of alkyl halides is 3. The summed E-state index contributed by atoms with van der Waals surface area (Å²) in [4.78, 5) is 49.6. The molecule has 275 valence electrons. The molecule has 1 saturated carbocycles. The minimum absolute atomic E-state index is 0. The van der Waals surface area contributed by atoms with E-state index in [1.54, 1.807) is 6.08 Å². The Kier molecular flexibility index (Phi) is 18.7. The number of carboxylic acid groups (broad SMARTS) is 1. The first-order chi connectivity index (χ1) is 22.7. The molecule has 14 nitrogen and oxygen atoms in total. The smallest absolute Gasteiger partial charge is 0.416 e. The molecule has 0 aliphatic heterocycles. The number of hydrogen-bond donors (Lipinski definition) is 9. The van der Waals surface area contributed by atoms with Crippen LogP contribution in [0.5, 0.6) is 5.75 Å². The number of ether oxygens (including phenoxy) is 1. The molecule has 9 N–H and O–H groups in total. The van der Waals surface area contributed by atoms with Crippen LogP contribution in [0.1, 0.15) is 43.2 Å². The number of allylic oxidation sites excluding steroid dienone is 2. The molecule has 1 aliphatic carbocycles. The summed E-state index contributed by atoms with van der Waals surface area (Å²) in [5.41, 5.74) is -0.747. The fourth-order valence-electron chi connectivity index (χ4n) is 4.86. The van der Waals surface area contributed by atoms with Gasteiger partial charge in [-0.3, -0.25) is 18.9 Å². The average molecular weight is 765 g/mol. The van der Waals surface area contributed by atoms with Crippen molar-refractivity contribution in [2.45, 2.75) is 68.1 Å². The summed E-state index contributed by atoms with van der Waals surface area (Å²) in [6, 6.07) is 7.11. The van der Waals surface area contributed by atoms with Crippen LogP contribution in [0.4, 0.5) is 13.2 Å². The Balaban J connectivity index is 0.000000587. The molecule has 1 fully saturated rings. The van der Waals surface area contributed by atoms with Crippen LogP contribution in [-0.4, -0.2) is 116 Å². The Labute approximate surface area is 308 Å². The van der Waals surface area contributed by atoms with E-state index in [1.807, 2.05) is 12.2 Å². The SMILES string of the molecule is O=C(O)CCC/C=C\C[C@@H]1[C@@H](/C=C/[C@@H](O)COc2cccc(C(F)(F)F)c2)[C@H](O)C[C@@H]1O.O=P(O)(O)C(O)(Cc1cccnc1)P(=O)(O)O.[Na]. The van der Waals surface area contributed by atoms with E-state index in [0.717, 1.165) is 18.3 Å². The first kappa shape index (κ1) is 46.1. The van der Waals surface area contributed by atoms with E-state index in [2.05, 4.69) is 4.98 Å². The average Bonchev–Trinajstić information content (AvgIpc) is 3.27. The molecule has 1 radical (unpaired) electrons. The molecule has 50 heavy (non-hydrogen) atoms. The second-order valence-corrected chi connectivity index (χ2v) is 15.3. The van der Waals surface area contributed by atoms with Crippen molar-refractivity contribution in [3.63, 3.8) is 0 Å². The summed E-state index contributed by atoms with van der Waals surface area (Å²) in [7, 11) is -10.8. The largest absolute Gasteiger partial charge is 0.491 e. The standard InChI is InChI=1S/C23H29F3O6.C7H11NO7P2.Na/c24-23(25,26)15-6-5-7-17(12-15)32-14-16(27)10-11-19-18(20(28)13-21(19)29)8-3-1-2-4-9-22(30)31;9-7(16(10,11)12,17(13,14)15)4-6-2-1-3-8-5-6;/h1,3,5-7,10-12,16,18-21,27-29H,2,4,8-9,13-14H2,(H,30,31);1-3,5,9H,4H2,(H2,10,11,12)(H2,13,14,15);/b3-1-,11-10+;;/t16-,18-,19-,20+,21-;;/m1../s1. The van der Waals surface area contributed by atoms with E-state index < -0.39 is 68.6 Å². The predicted octanol–water partition coefficient (Wildman–Crippen LogP) is 2.81. The molecule has 20 heteroatoms. The minimum atomic E-state index is -5.41. The molecule has 0 amide bonds. The van der Waals surface area contributed by atoms with Crippen molar-refractivity contribution < 1.29 is 76.9 Å². The predicted molar refractivity (Wildman–Crippen MR) is 174 cm³/mol. The number of nitrogens with zero attached hydrogens (tertiary/aromatic N) is 1. The number of aliphatic hydroxyl groups is 4. The Morgan fingerprint density at radius 3 is 2.26 bits per heavy atom. The zero-order valence-electron chi connectivity index (χ0n) is 26.9. The van der Waals surface area contributed by atoms with Gasteiger partial charge >= 0.3 is 27.3 Å². The van der Waals surface area contributed by atoms with E-state index >= 15 is 0 Å². The van der Waals surface area contributed by atoms with Crippen molar-refractivity contribution in [3.8, 4) is 5.75 Å². The van der Waals surface area contributed by atoms with Gasteiger partial charge in [0, 0.05) is 67.1 Å². The zero-order chi connectivity index (χ0) is 37.0. The fourth-order valence-corrected chi connectivity index (χ4v) is 6.99. The van der Waals surface area contributed by atoms with E-state index in [-0.39, 0.29) is 66.2 Å². The van der Waals surface area contributed by atoms with Gasteiger partial charge in [0.2, 0.25) is 0 Å². The second-order valence-electron chi connectivity index (χ2n) is 11.3. The molecular formula is C30H40F3NNaO13P2. The second kappa shape index (κ2) is 20.3. The number of unbranched alkanes of at least 4 members (excludes halogenated alkanes) is 1. The van der Waals surface area contributed by atoms with Gasteiger partial charge < -0.3 is 49.8 Å². The van der Waals surface area contributed by atoms with E-state index in [4.69, 9.17) is 29.4 Å². The van der Waals surface area contributed by atoms with Gasteiger partial charge in [0.25, 0.3) is 5.08 Å². The Morgan fingerprint density at radius 2 is 1.70 bits per heavy atom. The number of aliphatic hydroxyl groups excluding tert-OH is 3. The molecule has 0 unspecified atom stereocenters. The molecule has 0 saturated heterocycles. The van der Waals surface area contributed by atoms with Crippen molar-refractivity contribution in [3.05, 3.63) is 84.2 Å². The summed E-state index contributed by atoms with van der Waals surface area (Å²) in [6.07, 6.45) is 3.11. The Morgan fingerprint density at radius 1 is 1.04 bits per heavy atom. The van der Waals surface area contributed by atoms with Crippen LogP contribution in [0.2, 0.25) is 0 Å². The third-order valence-electron chi connectivity index (χ3n) is 7.49. The maximum absolute atomic E-state index is 12.8. The van der Waals surface area contributed by atoms with Gasteiger partial charge in [0.15, 0.2) is 0 Å². The van der Waals surface area contributed by atoms with Gasteiger partial charge in [0.1, 0.15) is 18.5 Å². The zero-order valence-corrected chi connectivity index (χ0v) is 30.7. The van der Waals surface area contributed by atoms with Crippen molar-refractivity contribution >= 4 is 50.7 Å². The number of aromatic nitrogens is 1. The maximum Gasteiger partial charge on any atom is 0.416 e. The molecule has 0 spiro atoms. The molecule has 3 rings (SSSR count). The molecule has 2 aromatic rings. The first-order valence-corrected chi connectivity index (χ1v) is 18.0. The van der Waals surface area contributed by atoms with Crippen LogP contribution in [0.15, 0.2) is 73.1 Å². The number of aliphatic carboxylic acids is 1. The van der Waals surface area contributed by atoms with Crippen molar-refractivity contribution in [1.82, 2.24) is 4.98 Å². The van der Waals surface area contributed by atoms with E-state index in [9.17, 15) is 47.5 Å². The first-order valence-electron chi connectivity index (χ1n) is 14.8. The number of pyridine rings is 1. The molecular weight excluding hydrogens is 724 g/mol. The third kappa shape index (κ3) is 14.6. The summed E-state index contributed by atoms with van der Waals surface area (Å²) in [5.74, 6) is -1.55. The molecule has 1 aromatic heterocycles. The molecule has 5 atom stereocenters. The van der Waals surface area contributed by atoms with E-state index in [0.29, 0.717) is 19.3 Å². The van der Waals surface area contributed by atoms with Gasteiger partial charge in [-0.1, -0.05) is 36.4 Å². The summed E-state index contributed by atoms with van der Waals surface area (Å²) >= 11 is 0. The third-order valence-corrected chi connectivity index (χ3v) is 11.2. The van der Waals surface area contributed by atoms with Crippen LogP contribution in [-0.2, 0) is 26.5 Å². The summed E-state index contributed by atoms with van der Waals surface area (Å²) in [5, 5.41) is 45.4. The Bertz CT molecular complexity index is 1480. The number of carbonyl (C=O) groups is 1. The molecule has 1 aromatic carbocycles. The molecule has 0 bridgehead atoms. The number of halogens is 3. The van der Waals surface area contributed by atoms with Crippen molar-refractivity contribution in [1.29, 1.82) is 0 Å². The molecule has 1 heterocycles. The minimum Gasteiger partial charge on any atom is -0.491 e. The van der Waals surface area contributed by atoms with Crippen LogP contribution in [0, 0.1) is 11.8 Å². The fraction of sp³-hybridized carbons (Fsp3) is 0.467. The topological polar surface area (TPSA) is 255 Å². The number of benzene rings is 1. The summed E-state index contributed by atoms with van der Waals surface area (Å²) in [6.45, 7) is -0.267. The molecule has 1 aliphatic rings. The van der Waals surface area contributed by atoms with E-state index in [1.165, 1.54) is 36.5 Å².